The Morgan fingerprint density at radius 3 is 1.86 bits per heavy atom. The normalized spacial score (nSPS) is 13.7. The van der Waals surface area contributed by atoms with Gasteiger partial charge in [0.15, 0.2) is 0 Å². The molecule has 0 atom stereocenters. The molecule has 0 unspecified atom stereocenters. The minimum atomic E-state index is -0.642. The van der Waals surface area contributed by atoms with Crippen molar-refractivity contribution in [3.63, 3.8) is 0 Å². The first-order valence-corrected chi connectivity index (χ1v) is 17.8. The van der Waals surface area contributed by atoms with Crippen LogP contribution in [0.4, 0.5) is 0 Å². The minimum absolute atomic E-state index is 0.0184. The highest BCUT2D eigenvalue weighted by Crippen LogP contribution is 2.57. The second-order valence-corrected chi connectivity index (χ2v) is 16.2. The van der Waals surface area contributed by atoms with Crippen LogP contribution < -0.4 is 4.74 Å². The van der Waals surface area contributed by atoms with Gasteiger partial charge >= 0.3 is 0 Å². The van der Waals surface area contributed by atoms with E-state index in [0.717, 1.165) is 38.8 Å². The fraction of sp³-hybridized carbons (Fsp3) is 0.200. The van der Waals surface area contributed by atoms with E-state index in [2.05, 4.69) is 139 Å². The van der Waals surface area contributed by atoms with Crippen LogP contribution in [-0.4, -0.2) is 9.97 Å². The number of ether oxygens (including phenoxy) is 1. The lowest BCUT2D eigenvalue weighted by Gasteiger charge is -2.34. The lowest BCUT2D eigenvalue weighted by molar-refractivity contribution is 0.481. The van der Waals surface area contributed by atoms with E-state index in [1.54, 1.807) is 11.3 Å². The number of aromatic nitrogens is 2. The summed E-state index contributed by atoms with van der Waals surface area (Å²) in [4.78, 5) is 10.0. The van der Waals surface area contributed by atoms with Gasteiger partial charge in [0.1, 0.15) is 16.5 Å². The summed E-state index contributed by atoms with van der Waals surface area (Å²) in [6, 6.07) is 45.5. The van der Waals surface area contributed by atoms with Gasteiger partial charge in [-0.3, -0.25) is 4.98 Å². The number of benzene rings is 5. The first-order chi connectivity index (χ1) is 23.5. The standard InChI is InChI=1S/C45H40N2OS/c1-43(2,3)30-20-22-35-36-23-21-31(44(4,5)6)28-38(36)45(37(35)27-30,41-19-9-10-24-46-41)32-14-12-16-34(26-32)48-33-15-11-13-29(25-33)42-47-39-17-7-8-18-40(39)49-42/h7-28H,1-6H3. The number of hydrogen-bond acceptors (Lipinski definition) is 4. The Morgan fingerprint density at radius 1 is 0.592 bits per heavy atom. The quantitative estimate of drug-likeness (QED) is 0.185. The van der Waals surface area contributed by atoms with E-state index < -0.39 is 5.41 Å². The molecule has 5 aromatic carbocycles. The number of fused-ring (bicyclic) bond motifs is 4. The maximum Gasteiger partial charge on any atom is 0.128 e. The topological polar surface area (TPSA) is 35.0 Å². The van der Waals surface area contributed by atoms with Gasteiger partial charge in [0.05, 0.1) is 21.3 Å². The van der Waals surface area contributed by atoms with Crippen LogP contribution in [0, 0.1) is 0 Å². The Balaban J connectivity index is 1.31. The molecule has 1 aliphatic rings. The summed E-state index contributed by atoms with van der Waals surface area (Å²) in [5, 5.41) is 0.984. The van der Waals surface area contributed by atoms with E-state index in [-0.39, 0.29) is 10.8 Å². The van der Waals surface area contributed by atoms with Crippen molar-refractivity contribution >= 4 is 21.6 Å². The summed E-state index contributed by atoms with van der Waals surface area (Å²) < 4.78 is 7.86. The second-order valence-electron chi connectivity index (χ2n) is 15.1. The summed E-state index contributed by atoms with van der Waals surface area (Å²) >= 11 is 1.70. The van der Waals surface area contributed by atoms with Crippen LogP contribution in [0.3, 0.4) is 0 Å². The smallest absolute Gasteiger partial charge is 0.128 e. The van der Waals surface area contributed by atoms with Gasteiger partial charge in [-0.1, -0.05) is 120 Å². The molecule has 1 aliphatic carbocycles. The van der Waals surface area contributed by atoms with Crippen LogP contribution in [0.25, 0.3) is 31.9 Å². The summed E-state index contributed by atoms with van der Waals surface area (Å²) in [7, 11) is 0. The van der Waals surface area contributed by atoms with Crippen molar-refractivity contribution in [2.24, 2.45) is 0 Å². The molecule has 2 aromatic heterocycles. The Kier molecular flexibility index (Phi) is 7.35. The molecule has 0 amide bonds. The lowest BCUT2D eigenvalue weighted by atomic mass is 9.68. The maximum atomic E-state index is 6.68. The number of rotatable bonds is 5. The van der Waals surface area contributed by atoms with E-state index in [1.165, 1.54) is 38.1 Å². The largest absolute Gasteiger partial charge is 0.457 e. The number of pyridine rings is 1. The fourth-order valence-corrected chi connectivity index (χ4v) is 8.16. The molecule has 0 fully saturated rings. The molecule has 0 saturated carbocycles. The first kappa shape index (κ1) is 31.2. The van der Waals surface area contributed by atoms with Gasteiger partial charge in [-0.25, -0.2) is 4.98 Å². The third-order valence-corrected chi connectivity index (χ3v) is 10.9. The zero-order valence-electron chi connectivity index (χ0n) is 28.9. The maximum absolute atomic E-state index is 6.68. The van der Waals surface area contributed by atoms with Crippen molar-refractivity contribution in [2.45, 2.75) is 57.8 Å². The average Bonchev–Trinajstić information content (AvgIpc) is 3.66. The van der Waals surface area contributed by atoms with Crippen molar-refractivity contribution in [3.8, 4) is 33.2 Å². The van der Waals surface area contributed by atoms with Crippen molar-refractivity contribution in [2.75, 3.05) is 0 Å². The van der Waals surface area contributed by atoms with E-state index in [1.807, 2.05) is 36.5 Å². The zero-order valence-corrected chi connectivity index (χ0v) is 29.7. The summed E-state index contributed by atoms with van der Waals surface area (Å²) in [6.07, 6.45) is 1.92. The molecular formula is C45H40N2OS. The summed E-state index contributed by atoms with van der Waals surface area (Å²) in [5.74, 6) is 1.56. The Morgan fingerprint density at radius 2 is 1.22 bits per heavy atom. The fourth-order valence-electron chi connectivity index (χ4n) is 7.19. The third kappa shape index (κ3) is 5.35. The van der Waals surface area contributed by atoms with Gasteiger partial charge in [-0.2, -0.15) is 0 Å². The molecule has 2 heterocycles. The van der Waals surface area contributed by atoms with E-state index in [4.69, 9.17) is 14.7 Å². The van der Waals surface area contributed by atoms with Crippen LogP contribution in [0.15, 0.2) is 134 Å². The molecule has 7 aromatic rings. The molecule has 0 N–H and O–H groups in total. The van der Waals surface area contributed by atoms with Crippen molar-refractivity contribution in [1.29, 1.82) is 0 Å². The van der Waals surface area contributed by atoms with Gasteiger partial charge in [-0.15, -0.1) is 11.3 Å². The van der Waals surface area contributed by atoms with Crippen LogP contribution in [-0.2, 0) is 16.2 Å². The Hall–Kier alpha value is -5.06. The van der Waals surface area contributed by atoms with Crippen molar-refractivity contribution < 1.29 is 4.74 Å². The number of hydrogen-bond donors (Lipinski definition) is 0. The molecule has 3 nitrogen and oxygen atoms in total. The van der Waals surface area contributed by atoms with Crippen LogP contribution >= 0.6 is 11.3 Å². The second kappa shape index (κ2) is 11.5. The number of nitrogens with zero attached hydrogens (tertiary/aromatic N) is 2. The van der Waals surface area contributed by atoms with Gasteiger partial charge < -0.3 is 4.74 Å². The molecular weight excluding hydrogens is 617 g/mol. The van der Waals surface area contributed by atoms with Crippen LogP contribution in [0.5, 0.6) is 11.5 Å². The van der Waals surface area contributed by atoms with E-state index >= 15 is 0 Å². The highest BCUT2D eigenvalue weighted by atomic mass is 32.1. The molecule has 0 aliphatic heterocycles. The average molecular weight is 657 g/mol. The van der Waals surface area contributed by atoms with Gasteiger partial charge in [0.25, 0.3) is 0 Å². The van der Waals surface area contributed by atoms with Crippen molar-refractivity contribution in [1.82, 2.24) is 9.97 Å². The summed E-state index contributed by atoms with van der Waals surface area (Å²) in [6.45, 7) is 13.7. The van der Waals surface area contributed by atoms with E-state index in [9.17, 15) is 0 Å². The highest BCUT2D eigenvalue weighted by Gasteiger charge is 2.48. The molecule has 242 valence electrons. The van der Waals surface area contributed by atoms with Crippen molar-refractivity contribution in [3.05, 3.63) is 167 Å². The van der Waals surface area contributed by atoms with Gasteiger partial charge in [0, 0.05) is 11.8 Å². The van der Waals surface area contributed by atoms with E-state index in [0.29, 0.717) is 0 Å². The molecule has 0 spiro atoms. The molecule has 0 saturated heterocycles. The van der Waals surface area contributed by atoms with Crippen LogP contribution in [0.2, 0.25) is 0 Å². The molecule has 49 heavy (non-hydrogen) atoms. The highest BCUT2D eigenvalue weighted by molar-refractivity contribution is 7.21. The minimum Gasteiger partial charge on any atom is -0.457 e. The Bertz CT molecular complexity index is 2240. The monoisotopic (exact) mass is 656 g/mol. The third-order valence-electron chi connectivity index (χ3n) is 9.80. The summed E-state index contributed by atoms with van der Waals surface area (Å²) in [5.41, 5.74) is 11.1. The predicted octanol–water partition coefficient (Wildman–Crippen LogP) is 12.1. The lowest BCUT2D eigenvalue weighted by Crippen LogP contribution is -2.30. The Labute approximate surface area is 293 Å². The zero-order chi connectivity index (χ0) is 34.0. The number of thiazole rings is 1. The molecule has 8 rings (SSSR count). The van der Waals surface area contributed by atoms with Crippen LogP contribution in [0.1, 0.15) is 75.1 Å². The molecule has 4 heteroatoms. The molecule has 0 radical (unpaired) electrons. The predicted molar refractivity (Wildman–Crippen MR) is 204 cm³/mol. The number of para-hydroxylation sites is 1. The van der Waals surface area contributed by atoms with Gasteiger partial charge in [-0.05, 0) is 98.3 Å². The SMILES string of the molecule is CC(C)(C)c1ccc2c(c1)C(c1cccc(Oc3cccc(-c4nc5ccccc5s4)c3)c1)(c1ccccn1)c1cc(C(C)(C)C)ccc1-2. The molecule has 0 bridgehead atoms. The van der Waals surface area contributed by atoms with Gasteiger partial charge in [0.2, 0.25) is 0 Å². The first-order valence-electron chi connectivity index (χ1n) is 17.0.